The van der Waals surface area contributed by atoms with Crippen LogP contribution in [0.25, 0.3) is 10.9 Å². The number of carbonyl (C=O) groups excluding carboxylic acids is 1. The smallest absolute Gasteiger partial charge is 0.257 e. The molecule has 0 saturated heterocycles. The van der Waals surface area contributed by atoms with Crippen LogP contribution in [0.15, 0.2) is 60.8 Å². The van der Waals surface area contributed by atoms with Crippen LogP contribution in [0.5, 0.6) is 5.75 Å². The van der Waals surface area contributed by atoms with E-state index in [4.69, 9.17) is 17.0 Å². The van der Waals surface area contributed by atoms with Crippen LogP contribution in [0.4, 0.5) is 5.69 Å². The maximum Gasteiger partial charge on any atom is 0.257 e. The van der Waals surface area contributed by atoms with Gasteiger partial charge in [-0.15, -0.1) is 0 Å². The Morgan fingerprint density at radius 2 is 2.00 bits per heavy atom. The molecule has 0 saturated carbocycles. The van der Waals surface area contributed by atoms with Gasteiger partial charge in [-0.2, -0.15) is 0 Å². The molecule has 0 aliphatic rings. The zero-order valence-electron chi connectivity index (χ0n) is 14.4. The average Bonchev–Trinajstić information content (AvgIpc) is 2.67. The molecule has 0 unspecified atom stereocenters. The van der Waals surface area contributed by atoms with Gasteiger partial charge in [0.2, 0.25) is 0 Å². The lowest BCUT2D eigenvalue weighted by Gasteiger charge is -2.12. The maximum absolute atomic E-state index is 12.4. The number of aromatic nitrogens is 1. The third kappa shape index (κ3) is 4.34. The Bertz CT molecular complexity index is 938. The molecule has 0 spiro atoms. The van der Waals surface area contributed by atoms with Crippen LogP contribution >= 0.6 is 12.2 Å². The summed E-state index contributed by atoms with van der Waals surface area (Å²) in [4.78, 5) is 16.7. The number of ether oxygens (including phenoxy) is 1. The summed E-state index contributed by atoms with van der Waals surface area (Å²) in [7, 11) is 0. The normalized spacial score (nSPS) is 10.3. The molecule has 5 nitrogen and oxygen atoms in total. The highest BCUT2D eigenvalue weighted by Gasteiger charge is 2.10. The Morgan fingerprint density at radius 1 is 1.15 bits per heavy atom. The fourth-order valence-corrected chi connectivity index (χ4v) is 2.69. The number of nitrogens with zero attached hydrogens (tertiary/aromatic N) is 1. The quantitative estimate of drug-likeness (QED) is 0.665. The molecule has 2 N–H and O–H groups in total. The number of nitrogens with one attached hydrogen (secondary N) is 2. The fourth-order valence-electron chi connectivity index (χ4n) is 2.49. The second-order valence-corrected chi connectivity index (χ2v) is 6.07. The van der Waals surface area contributed by atoms with Crippen LogP contribution in [0.3, 0.4) is 0 Å². The summed E-state index contributed by atoms with van der Waals surface area (Å²) in [6.45, 7) is 2.64. The van der Waals surface area contributed by atoms with Crippen molar-refractivity contribution in [3.63, 3.8) is 0 Å². The fraction of sp³-hybridized carbons (Fsp3) is 0.150. The minimum absolute atomic E-state index is 0.228. The number of anilines is 1. The van der Waals surface area contributed by atoms with Gasteiger partial charge in [0.05, 0.1) is 12.1 Å². The highest BCUT2D eigenvalue weighted by Crippen LogP contribution is 2.21. The summed E-state index contributed by atoms with van der Waals surface area (Å²) in [5, 5.41) is 6.92. The van der Waals surface area contributed by atoms with Gasteiger partial charge in [-0.05, 0) is 61.1 Å². The van der Waals surface area contributed by atoms with Crippen molar-refractivity contribution in [1.82, 2.24) is 10.3 Å². The van der Waals surface area contributed by atoms with Crippen molar-refractivity contribution < 1.29 is 9.53 Å². The first kappa shape index (κ1) is 17.8. The zero-order valence-corrected chi connectivity index (χ0v) is 15.2. The van der Waals surface area contributed by atoms with E-state index in [0.717, 1.165) is 23.0 Å². The molecule has 0 aliphatic heterocycles. The molecule has 0 bridgehead atoms. The summed E-state index contributed by atoms with van der Waals surface area (Å²) >= 11 is 5.28. The summed E-state index contributed by atoms with van der Waals surface area (Å²) < 4.78 is 5.56. The molecule has 0 fully saturated rings. The van der Waals surface area contributed by atoms with Crippen molar-refractivity contribution in [1.29, 1.82) is 0 Å². The molecule has 2 aromatic carbocycles. The molecule has 132 valence electrons. The number of rotatable bonds is 5. The maximum atomic E-state index is 12.4. The monoisotopic (exact) mass is 365 g/mol. The van der Waals surface area contributed by atoms with Crippen LogP contribution in [0, 0.1) is 0 Å². The van der Waals surface area contributed by atoms with Gasteiger partial charge in [0, 0.05) is 22.8 Å². The minimum atomic E-state index is -0.289. The zero-order chi connectivity index (χ0) is 18.4. The van der Waals surface area contributed by atoms with Crippen LogP contribution in [-0.4, -0.2) is 22.6 Å². The Hall–Kier alpha value is -2.99. The minimum Gasteiger partial charge on any atom is -0.494 e. The Labute approximate surface area is 157 Å². The van der Waals surface area contributed by atoms with Gasteiger partial charge in [-0.25, -0.2) is 0 Å². The molecule has 6 heteroatoms. The predicted molar refractivity (Wildman–Crippen MR) is 108 cm³/mol. The van der Waals surface area contributed by atoms with E-state index in [1.807, 2.05) is 43.3 Å². The van der Waals surface area contributed by atoms with E-state index in [2.05, 4.69) is 15.6 Å². The lowest BCUT2D eigenvalue weighted by atomic mass is 10.2. The first-order chi connectivity index (χ1) is 12.7. The molecule has 0 atom stereocenters. The number of benzene rings is 2. The van der Waals surface area contributed by atoms with Crippen LogP contribution in [-0.2, 0) is 0 Å². The Morgan fingerprint density at radius 3 is 2.85 bits per heavy atom. The third-order valence-electron chi connectivity index (χ3n) is 3.69. The van der Waals surface area contributed by atoms with Crippen molar-refractivity contribution in [2.75, 3.05) is 11.9 Å². The number of amides is 1. The second-order valence-electron chi connectivity index (χ2n) is 5.66. The van der Waals surface area contributed by atoms with Crippen LogP contribution < -0.4 is 15.4 Å². The van der Waals surface area contributed by atoms with Crippen molar-refractivity contribution in [3.05, 3.63) is 66.4 Å². The lowest BCUT2D eigenvalue weighted by molar-refractivity contribution is 0.0977. The Kier molecular flexibility index (Phi) is 5.76. The largest absolute Gasteiger partial charge is 0.494 e. The van der Waals surface area contributed by atoms with Crippen molar-refractivity contribution in [2.45, 2.75) is 13.3 Å². The third-order valence-corrected chi connectivity index (χ3v) is 3.89. The van der Waals surface area contributed by atoms with E-state index < -0.39 is 0 Å². The highest BCUT2D eigenvalue weighted by atomic mass is 32.1. The van der Waals surface area contributed by atoms with E-state index >= 15 is 0 Å². The summed E-state index contributed by atoms with van der Waals surface area (Å²) in [6, 6.07) is 16.5. The number of carbonyl (C=O) groups is 1. The van der Waals surface area contributed by atoms with E-state index in [9.17, 15) is 4.79 Å². The SMILES string of the molecule is CCCOc1cccc(C(=O)NC(=S)Nc2cccc3ncccc23)c1. The van der Waals surface area contributed by atoms with E-state index in [-0.39, 0.29) is 11.0 Å². The van der Waals surface area contributed by atoms with Crippen LogP contribution in [0.2, 0.25) is 0 Å². The number of pyridine rings is 1. The summed E-state index contributed by atoms with van der Waals surface area (Å²) in [5.74, 6) is 0.376. The molecule has 0 radical (unpaired) electrons. The van der Waals surface area contributed by atoms with Gasteiger partial charge in [-0.3, -0.25) is 15.1 Å². The molecule has 1 amide bonds. The molecule has 1 aromatic heterocycles. The van der Waals surface area contributed by atoms with Gasteiger partial charge in [0.15, 0.2) is 5.11 Å². The van der Waals surface area contributed by atoms with Gasteiger partial charge in [0.25, 0.3) is 5.91 Å². The number of thiocarbonyl (C=S) groups is 1. The molecule has 1 heterocycles. The first-order valence-electron chi connectivity index (χ1n) is 8.36. The van der Waals surface area contributed by atoms with Crippen molar-refractivity contribution in [2.24, 2.45) is 0 Å². The standard InChI is InChI=1S/C20H19N3O2S/c1-2-12-25-15-7-3-6-14(13-15)19(24)23-20(26)22-18-10-4-9-17-16(18)8-5-11-21-17/h3-11,13H,2,12H2,1H3,(H2,22,23,24,26). The number of hydrogen-bond donors (Lipinski definition) is 2. The van der Waals surface area contributed by atoms with Gasteiger partial charge in [-0.1, -0.05) is 19.1 Å². The molecule has 26 heavy (non-hydrogen) atoms. The van der Waals surface area contributed by atoms with Gasteiger partial charge < -0.3 is 10.1 Å². The molecule has 0 aliphatic carbocycles. The van der Waals surface area contributed by atoms with E-state index in [1.54, 1.807) is 24.4 Å². The van der Waals surface area contributed by atoms with E-state index in [1.165, 1.54) is 0 Å². The van der Waals surface area contributed by atoms with E-state index in [0.29, 0.717) is 17.9 Å². The number of fused-ring (bicyclic) bond motifs is 1. The predicted octanol–water partition coefficient (Wildman–Crippen LogP) is 4.15. The highest BCUT2D eigenvalue weighted by molar-refractivity contribution is 7.80. The molecule has 3 aromatic rings. The molecule has 3 rings (SSSR count). The van der Waals surface area contributed by atoms with Gasteiger partial charge in [0.1, 0.15) is 5.75 Å². The topological polar surface area (TPSA) is 63.2 Å². The van der Waals surface area contributed by atoms with Crippen molar-refractivity contribution in [3.8, 4) is 5.75 Å². The lowest BCUT2D eigenvalue weighted by Crippen LogP contribution is -2.34. The Balaban J connectivity index is 1.69. The van der Waals surface area contributed by atoms with Crippen molar-refractivity contribution >= 4 is 39.8 Å². The summed E-state index contributed by atoms with van der Waals surface area (Å²) in [6.07, 6.45) is 2.64. The van der Waals surface area contributed by atoms with Crippen LogP contribution in [0.1, 0.15) is 23.7 Å². The summed E-state index contributed by atoms with van der Waals surface area (Å²) in [5.41, 5.74) is 2.13. The molecular weight excluding hydrogens is 346 g/mol. The second kappa shape index (κ2) is 8.40. The van der Waals surface area contributed by atoms with Gasteiger partial charge >= 0.3 is 0 Å². The number of hydrogen-bond acceptors (Lipinski definition) is 4. The molecular formula is C20H19N3O2S. The average molecular weight is 365 g/mol. The first-order valence-corrected chi connectivity index (χ1v) is 8.77.